The summed E-state index contributed by atoms with van der Waals surface area (Å²) in [5.41, 5.74) is 5.17. The van der Waals surface area contributed by atoms with Gasteiger partial charge < -0.3 is 5.32 Å². The number of nitrogens with zero attached hydrogens (tertiary/aromatic N) is 1. The van der Waals surface area contributed by atoms with Crippen molar-refractivity contribution < 1.29 is 14.4 Å². The molecular formula is C17H22N4O3. The van der Waals surface area contributed by atoms with Crippen LogP contribution in [0, 0.1) is 5.92 Å². The van der Waals surface area contributed by atoms with Crippen LogP contribution in [-0.2, 0) is 9.59 Å². The van der Waals surface area contributed by atoms with Crippen molar-refractivity contribution in [3.05, 3.63) is 30.3 Å². The molecule has 0 unspecified atom stereocenters. The van der Waals surface area contributed by atoms with Crippen molar-refractivity contribution in [2.45, 2.75) is 38.1 Å². The van der Waals surface area contributed by atoms with Gasteiger partial charge in [0, 0.05) is 0 Å². The van der Waals surface area contributed by atoms with Gasteiger partial charge in [-0.25, -0.2) is 4.79 Å². The van der Waals surface area contributed by atoms with E-state index in [0.29, 0.717) is 18.8 Å². The number of anilines is 1. The fraction of sp³-hybridized carbons (Fsp3) is 0.471. The fourth-order valence-electron chi connectivity index (χ4n) is 3.26. The topological polar surface area (TPSA) is 90.5 Å². The molecule has 2 fully saturated rings. The van der Waals surface area contributed by atoms with E-state index >= 15 is 0 Å². The highest BCUT2D eigenvalue weighted by Crippen LogP contribution is 2.36. The zero-order valence-corrected chi connectivity index (χ0v) is 13.7. The summed E-state index contributed by atoms with van der Waals surface area (Å²) < 4.78 is 0. The maximum Gasteiger partial charge on any atom is 0.325 e. The number of benzene rings is 1. The van der Waals surface area contributed by atoms with E-state index in [4.69, 9.17) is 0 Å². The monoisotopic (exact) mass is 330 g/mol. The molecule has 7 heteroatoms. The van der Waals surface area contributed by atoms with Crippen LogP contribution in [0.2, 0.25) is 0 Å². The summed E-state index contributed by atoms with van der Waals surface area (Å²) in [7, 11) is 0. The van der Waals surface area contributed by atoms with Gasteiger partial charge in [0.2, 0.25) is 0 Å². The molecule has 24 heavy (non-hydrogen) atoms. The summed E-state index contributed by atoms with van der Waals surface area (Å²) in [4.78, 5) is 37.8. The Morgan fingerprint density at radius 3 is 2.58 bits per heavy atom. The molecule has 3 rings (SSSR count). The van der Waals surface area contributed by atoms with Crippen molar-refractivity contribution in [1.82, 2.24) is 15.6 Å². The first-order valence-corrected chi connectivity index (χ1v) is 8.24. The summed E-state index contributed by atoms with van der Waals surface area (Å²) in [6.07, 6.45) is 3.08. The Hall–Kier alpha value is -2.57. The maximum atomic E-state index is 12.7. The van der Waals surface area contributed by atoms with Gasteiger partial charge in [0.25, 0.3) is 11.8 Å². The average molecular weight is 330 g/mol. The Balaban J connectivity index is 1.57. The van der Waals surface area contributed by atoms with Crippen molar-refractivity contribution in [2.75, 3.05) is 12.0 Å². The van der Waals surface area contributed by atoms with E-state index in [2.05, 4.69) is 23.1 Å². The minimum atomic E-state index is -0.809. The number of urea groups is 1. The molecule has 1 saturated heterocycles. The summed E-state index contributed by atoms with van der Waals surface area (Å²) in [6.45, 7) is 1.86. The second kappa shape index (κ2) is 6.51. The van der Waals surface area contributed by atoms with Crippen LogP contribution in [0.25, 0.3) is 0 Å². The van der Waals surface area contributed by atoms with Crippen LogP contribution in [0.3, 0.4) is 0 Å². The van der Waals surface area contributed by atoms with Gasteiger partial charge in [0.1, 0.15) is 12.1 Å². The number of amides is 4. The highest BCUT2D eigenvalue weighted by Gasteiger charge is 2.52. The van der Waals surface area contributed by atoms with Crippen LogP contribution in [0.15, 0.2) is 30.3 Å². The number of carbonyl (C=O) groups excluding carboxylic acids is 3. The van der Waals surface area contributed by atoms with Gasteiger partial charge in [-0.2, -0.15) is 0 Å². The van der Waals surface area contributed by atoms with Crippen LogP contribution < -0.4 is 16.2 Å². The summed E-state index contributed by atoms with van der Waals surface area (Å²) in [6, 6.07) is 8.65. The molecule has 1 saturated carbocycles. The van der Waals surface area contributed by atoms with Crippen molar-refractivity contribution in [2.24, 2.45) is 5.92 Å². The minimum absolute atomic E-state index is 0.283. The largest absolute Gasteiger partial charge is 0.325 e. The first-order chi connectivity index (χ1) is 11.5. The van der Waals surface area contributed by atoms with Crippen molar-refractivity contribution in [3.8, 4) is 0 Å². The molecule has 1 aromatic carbocycles. The van der Waals surface area contributed by atoms with Gasteiger partial charge in [-0.3, -0.25) is 25.3 Å². The van der Waals surface area contributed by atoms with Crippen molar-refractivity contribution in [1.29, 1.82) is 0 Å². The Morgan fingerprint density at radius 2 is 1.92 bits per heavy atom. The summed E-state index contributed by atoms with van der Waals surface area (Å²) >= 11 is 0. The lowest BCUT2D eigenvalue weighted by atomic mass is 9.77. The number of para-hydroxylation sites is 1. The van der Waals surface area contributed by atoms with Gasteiger partial charge in [-0.1, -0.05) is 25.1 Å². The third-order valence-electron chi connectivity index (χ3n) is 4.80. The molecule has 1 heterocycles. The molecule has 2 aliphatic rings. The Kier molecular flexibility index (Phi) is 4.42. The lowest BCUT2D eigenvalue weighted by Gasteiger charge is -2.33. The Bertz CT molecular complexity index is 638. The quantitative estimate of drug-likeness (QED) is 0.578. The van der Waals surface area contributed by atoms with Gasteiger partial charge in [0.05, 0.1) is 5.69 Å². The predicted octanol–water partition coefficient (Wildman–Crippen LogP) is 1.63. The van der Waals surface area contributed by atoms with Gasteiger partial charge in [-0.15, -0.1) is 0 Å². The SMILES string of the molecule is CC1CCC2(CC1)NC(=O)N(CC(=O)NNc1ccccc1)C2=O. The smallest absolute Gasteiger partial charge is 0.323 e. The summed E-state index contributed by atoms with van der Waals surface area (Å²) in [5.74, 6) is -0.161. The third-order valence-corrected chi connectivity index (χ3v) is 4.80. The zero-order chi connectivity index (χ0) is 17.2. The third kappa shape index (κ3) is 3.20. The lowest BCUT2D eigenvalue weighted by Crippen LogP contribution is -2.50. The number of imide groups is 1. The molecule has 1 aromatic rings. The molecule has 0 atom stereocenters. The van der Waals surface area contributed by atoms with E-state index in [1.165, 1.54) is 0 Å². The molecule has 3 N–H and O–H groups in total. The Labute approximate surface area is 140 Å². The molecule has 0 bridgehead atoms. The van der Waals surface area contributed by atoms with E-state index in [9.17, 15) is 14.4 Å². The molecule has 128 valence electrons. The molecule has 7 nitrogen and oxygen atoms in total. The predicted molar refractivity (Wildman–Crippen MR) is 88.8 cm³/mol. The second-order valence-electron chi connectivity index (χ2n) is 6.63. The molecule has 1 aliphatic carbocycles. The fourth-order valence-corrected chi connectivity index (χ4v) is 3.26. The highest BCUT2D eigenvalue weighted by atomic mass is 16.2. The van der Waals surface area contributed by atoms with Crippen LogP contribution in [0.4, 0.5) is 10.5 Å². The second-order valence-corrected chi connectivity index (χ2v) is 6.63. The van der Waals surface area contributed by atoms with Crippen LogP contribution >= 0.6 is 0 Å². The van der Waals surface area contributed by atoms with E-state index in [1.807, 2.05) is 18.2 Å². The number of hydrazine groups is 1. The van der Waals surface area contributed by atoms with E-state index in [-0.39, 0.29) is 12.5 Å². The minimum Gasteiger partial charge on any atom is -0.323 e. The van der Waals surface area contributed by atoms with Crippen molar-refractivity contribution in [3.63, 3.8) is 0 Å². The normalized spacial score (nSPS) is 26.4. The molecular weight excluding hydrogens is 308 g/mol. The van der Waals surface area contributed by atoms with Crippen molar-refractivity contribution >= 4 is 23.5 Å². The average Bonchev–Trinajstić information content (AvgIpc) is 2.81. The summed E-state index contributed by atoms with van der Waals surface area (Å²) in [5, 5.41) is 2.81. The van der Waals surface area contributed by atoms with Crippen LogP contribution in [0.1, 0.15) is 32.6 Å². The molecule has 1 aliphatic heterocycles. The van der Waals surface area contributed by atoms with Gasteiger partial charge in [-0.05, 0) is 43.7 Å². The van der Waals surface area contributed by atoms with E-state index in [0.717, 1.165) is 23.4 Å². The van der Waals surface area contributed by atoms with E-state index < -0.39 is 17.5 Å². The standard InChI is InChI=1S/C17H22N4O3/c1-12-7-9-17(10-8-12)15(23)21(16(24)18-17)11-14(22)20-19-13-5-3-2-4-6-13/h2-6,12,19H,7-11H2,1H3,(H,18,24)(H,20,22). The molecule has 4 amide bonds. The van der Waals surface area contributed by atoms with Gasteiger partial charge in [0.15, 0.2) is 0 Å². The zero-order valence-electron chi connectivity index (χ0n) is 13.7. The first-order valence-electron chi connectivity index (χ1n) is 8.24. The molecule has 1 spiro atoms. The van der Waals surface area contributed by atoms with Crippen LogP contribution in [0.5, 0.6) is 0 Å². The molecule has 0 aromatic heterocycles. The number of hydrogen-bond acceptors (Lipinski definition) is 4. The number of nitrogens with one attached hydrogen (secondary N) is 3. The number of carbonyl (C=O) groups is 3. The van der Waals surface area contributed by atoms with E-state index in [1.54, 1.807) is 12.1 Å². The maximum absolute atomic E-state index is 12.7. The molecule has 0 radical (unpaired) electrons. The number of hydrogen-bond donors (Lipinski definition) is 3. The van der Waals surface area contributed by atoms with Crippen LogP contribution in [-0.4, -0.2) is 34.8 Å². The Morgan fingerprint density at radius 1 is 1.25 bits per heavy atom. The highest BCUT2D eigenvalue weighted by molar-refractivity contribution is 6.09. The lowest BCUT2D eigenvalue weighted by molar-refractivity contribution is -0.135. The van der Waals surface area contributed by atoms with Gasteiger partial charge >= 0.3 is 6.03 Å². The number of rotatable bonds is 4. The first kappa shape index (κ1) is 16.3.